The first-order valence-corrected chi connectivity index (χ1v) is 8.76. The Morgan fingerprint density at radius 3 is 2.26 bits per heavy atom. The van der Waals surface area contributed by atoms with Crippen molar-refractivity contribution in [1.29, 1.82) is 0 Å². The molecule has 0 radical (unpaired) electrons. The van der Waals surface area contributed by atoms with Crippen molar-refractivity contribution in [2.75, 3.05) is 0 Å². The van der Waals surface area contributed by atoms with Gasteiger partial charge < -0.3 is 26.6 Å². The number of amides is 2. The predicted octanol–water partition coefficient (Wildman–Crippen LogP) is 0.0210. The van der Waals surface area contributed by atoms with Crippen LogP contribution in [0.15, 0.2) is 24.3 Å². The normalized spacial score (nSPS) is 19.2. The van der Waals surface area contributed by atoms with Gasteiger partial charge >= 0.3 is 11.9 Å². The van der Waals surface area contributed by atoms with Crippen molar-refractivity contribution in [2.45, 2.75) is 51.2 Å². The highest BCUT2D eigenvalue weighted by molar-refractivity contribution is 5.93. The van der Waals surface area contributed by atoms with Crippen LogP contribution in [0.5, 0.6) is 0 Å². The Hall–Kier alpha value is -2.68. The lowest BCUT2D eigenvalue weighted by atomic mass is 9.93. The Morgan fingerprint density at radius 2 is 1.78 bits per heavy atom. The van der Waals surface area contributed by atoms with Crippen LogP contribution in [0.25, 0.3) is 0 Å². The minimum absolute atomic E-state index is 0.00696. The summed E-state index contributed by atoms with van der Waals surface area (Å²) in [6, 6.07) is -3.43. The summed E-state index contributed by atoms with van der Waals surface area (Å²) in [5, 5.41) is 23.0. The largest absolute Gasteiger partial charge is 0.481 e. The first-order chi connectivity index (χ1) is 12.6. The van der Waals surface area contributed by atoms with Gasteiger partial charge in [-0.05, 0) is 24.7 Å². The first kappa shape index (κ1) is 22.4. The molecule has 1 rings (SSSR count). The second-order valence-corrected chi connectivity index (χ2v) is 6.88. The maximum atomic E-state index is 12.5. The van der Waals surface area contributed by atoms with Crippen molar-refractivity contribution in [3.63, 3.8) is 0 Å². The fourth-order valence-corrected chi connectivity index (χ4v) is 2.67. The van der Waals surface area contributed by atoms with Crippen LogP contribution < -0.4 is 16.4 Å². The van der Waals surface area contributed by atoms with Crippen LogP contribution in [-0.4, -0.2) is 52.1 Å². The van der Waals surface area contributed by atoms with Gasteiger partial charge in [-0.15, -0.1) is 0 Å². The van der Waals surface area contributed by atoms with E-state index in [1.54, 1.807) is 13.8 Å². The summed E-state index contributed by atoms with van der Waals surface area (Å²) < 4.78 is 0. The molecule has 1 aliphatic carbocycles. The van der Waals surface area contributed by atoms with Gasteiger partial charge in [0, 0.05) is 0 Å². The zero-order valence-corrected chi connectivity index (χ0v) is 15.4. The summed E-state index contributed by atoms with van der Waals surface area (Å²) in [6.07, 6.45) is 7.84. The van der Waals surface area contributed by atoms with E-state index in [0.717, 1.165) is 0 Å². The molecule has 0 bridgehead atoms. The second-order valence-electron chi connectivity index (χ2n) is 6.88. The number of carboxylic acid groups (broad SMARTS) is 2. The van der Waals surface area contributed by atoms with E-state index in [4.69, 9.17) is 10.8 Å². The number of nitrogens with one attached hydrogen (secondary N) is 2. The maximum Gasteiger partial charge on any atom is 0.326 e. The second kappa shape index (κ2) is 10.5. The molecule has 4 atom stereocenters. The zero-order valence-electron chi connectivity index (χ0n) is 15.4. The Kier molecular flexibility index (Phi) is 8.67. The third-order valence-corrected chi connectivity index (χ3v) is 4.20. The van der Waals surface area contributed by atoms with Crippen LogP contribution >= 0.6 is 0 Å². The zero-order chi connectivity index (χ0) is 20.6. The number of hydrogen-bond acceptors (Lipinski definition) is 5. The van der Waals surface area contributed by atoms with Crippen molar-refractivity contribution in [2.24, 2.45) is 17.6 Å². The van der Waals surface area contributed by atoms with Crippen LogP contribution in [0.2, 0.25) is 0 Å². The predicted molar refractivity (Wildman–Crippen MR) is 97.6 cm³/mol. The molecule has 0 aromatic rings. The average molecular weight is 381 g/mol. The molecule has 1 aliphatic rings. The Balaban J connectivity index is 2.75. The monoisotopic (exact) mass is 381 g/mol. The highest BCUT2D eigenvalue weighted by atomic mass is 16.4. The third-order valence-electron chi connectivity index (χ3n) is 4.20. The van der Waals surface area contributed by atoms with Gasteiger partial charge in [-0.1, -0.05) is 38.2 Å². The lowest BCUT2D eigenvalue weighted by Crippen LogP contribution is -2.56. The number of carboxylic acids is 2. The van der Waals surface area contributed by atoms with E-state index >= 15 is 0 Å². The first-order valence-electron chi connectivity index (χ1n) is 8.76. The molecule has 0 heterocycles. The van der Waals surface area contributed by atoms with E-state index in [9.17, 15) is 24.3 Å². The summed E-state index contributed by atoms with van der Waals surface area (Å²) in [6.45, 7) is 3.36. The summed E-state index contributed by atoms with van der Waals surface area (Å²) in [7, 11) is 0. The fourth-order valence-electron chi connectivity index (χ4n) is 2.67. The van der Waals surface area contributed by atoms with Gasteiger partial charge in [0.05, 0.1) is 12.5 Å². The number of carbonyl (C=O) groups excluding carboxylic acids is 2. The van der Waals surface area contributed by atoms with Gasteiger partial charge in [0.15, 0.2) is 0 Å². The standard InChI is InChI=1S/C18H27N3O6/c1-10(2)15(21-16(24)12(19)9-14(22)23)17(25)20-13(18(26)27)8-11-6-4-3-5-7-11/h3-6,10-13,15H,7-9,19H2,1-2H3,(H,20,25)(H,21,24)(H,22,23)(H,26,27)/t11-,12?,13?,15?/m0/s1. The van der Waals surface area contributed by atoms with Gasteiger partial charge in [0.2, 0.25) is 11.8 Å². The van der Waals surface area contributed by atoms with E-state index < -0.39 is 48.3 Å². The van der Waals surface area contributed by atoms with Crippen LogP contribution in [0.3, 0.4) is 0 Å². The maximum absolute atomic E-state index is 12.5. The molecule has 6 N–H and O–H groups in total. The highest BCUT2D eigenvalue weighted by Gasteiger charge is 2.31. The van der Waals surface area contributed by atoms with E-state index in [-0.39, 0.29) is 18.3 Å². The number of rotatable bonds is 10. The van der Waals surface area contributed by atoms with Gasteiger partial charge in [0.25, 0.3) is 0 Å². The Labute approximate surface area is 157 Å². The molecule has 0 saturated heterocycles. The van der Waals surface area contributed by atoms with E-state index in [2.05, 4.69) is 10.6 Å². The van der Waals surface area contributed by atoms with Crippen molar-refractivity contribution < 1.29 is 29.4 Å². The topological polar surface area (TPSA) is 159 Å². The molecule has 150 valence electrons. The van der Waals surface area contributed by atoms with Crippen molar-refractivity contribution in [1.82, 2.24) is 10.6 Å². The summed E-state index contributed by atoms with van der Waals surface area (Å²) in [4.78, 5) is 46.8. The minimum Gasteiger partial charge on any atom is -0.481 e. The lowest BCUT2D eigenvalue weighted by molar-refractivity contribution is -0.143. The van der Waals surface area contributed by atoms with Gasteiger partial charge in [-0.25, -0.2) is 4.79 Å². The van der Waals surface area contributed by atoms with Gasteiger partial charge in [0.1, 0.15) is 12.1 Å². The molecule has 27 heavy (non-hydrogen) atoms. The summed E-state index contributed by atoms with van der Waals surface area (Å²) >= 11 is 0. The number of carbonyl (C=O) groups is 4. The quantitative estimate of drug-likeness (QED) is 0.357. The fraction of sp³-hybridized carbons (Fsp3) is 0.556. The Bertz CT molecular complexity index is 629. The molecule has 0 saturated carbocycles. The molecule has 2 amide bonds. The molecule has 0 aromatic heterocycles. The molecule has 0 aromatic carbocycles. The summed E-state index contributed by atoms with van der Waals surface area (Å²) in [5.74, 6) is -4.18. The number of hydrogen-bond donors (Lipinski definition) is 5. The van der Waals surface area contributed by atoms with Crippen LogP contribution in [0, 0.1) is 11.8 Å². The van der Waals surface area contributed by atoms with Crippen molar-refractivity contribution in [3.05, 3.63) is 24.3 Å². The minimum atomic E-state index is -1.30. The van der Waals surface area contributed by atoms with Gasteiger partial charge in [-0.2, -0.15) is 0 Å². The number of allylic oxidation sites excluding steroid dienone is 4. The average Bonchev–Trinajstić information content (AvgIpc) is 2.58. The van der Waals surface area contributed by atoms with Crippen LogP contribution in [-0.2, 0) is 19.2 Å². The molecule has 0 fully saturated rings. The van der Waals surface area contributed by atoms with E-state index in [0.29, 0.717) is 6.42 Å². The van der Waals surface area contributed by atoms with E-state index in [1.165, 1.54) is 0 Å². The van der Waals surface area contributed by atoms with Crippen LogP contribution in [0.1, 0.15) is 33.1 Å². The molecular weight excluding hydrogens is 354 g/mol. The molecule has 9 heteroatoms. The smallest absolute Gasteiger partial charge is 0.326 e. The molecule has 0 spiro atoms. The molecule has 3 unspecified atom stereocenters. The lowest BCUT2D eigenvalue weighted by Gasteiger charge is -2.26. The number of aliphatic carboxylic acids is 2. The summed E-state index contributed by atoms with van der Waals surface area (Å²) in [5.41, 5.74) is 5.51. The van der Waals surface area contributed by atoms with Crippen molar-refractivity contribution >= 4 is 23.8 Å². The van der Waals surface area contributed by atoms with Crippen LogP contribution in [0.4, 0.5) is 0 Å². The molecule has 0 aliphatic heterocycles. The molecular formula is C18H27N3O6. The highest BCUT2D eigenvalue weighted by Crippen LogP contribution is 2.18. The SMILES string of the molecule is CC(C)C(NC(=O)C(N)CC(=O)O)C(=O)NC(C[C@H]1C=CC=CC1)C(=O)O. The van der Waals surface area contributed by atoms with Crippen molar-refractivity contribution in [3.8, 4) is 0 Å². The number of nitrogens with two attached hydrogens (primary N) is 1. The third kappa shape index (κ3) is 7.61. The van der Waals surface area contributed by atoms with Gasteiger partial charge in [-0.3, -0.25) is 14.4 Å². The Morgan fingerprint density at radius 1 is 1.11 bits per heavy atom. The molecule has 9 nitrogen and oxygen atoms in total. The van der Waals surface area contributed by atoms with E-state index in [1.807, 2.05) is 24.3 Å².